The fourth-order valence-corrected chi connectivity index (χ4v) is 0.0781. The Bertz CT molecular complexity index is 89.0. The summed E-state index contributed by atoms with van der Waals surface area (Å²) in [7, 11) is 0. The molecule has 0 saturated heterocycles. The molecular weight excluding hydrogens is 160 g/mol. The first-order valence-electron chi connectivity index (χ1n) is 1.77. The molecule has 0 fully saturated rings. The van der Waals surface area contributed by atoms with Crippen molar-refractivity contribution in [3.63, 3.8) is 0 Å². The van der Waals surface area contributed by atoms with Crippen LogP contribution in [0.3, 0.4) is 0 Å². The molecule has 0 amide bonds. The van der Waals surface area contributed by atoms with Crippen LogP contribution >= 0.6 is 0 Å². The van der Waals surface area contributed by atoms with Crippen molar-refractivity contribution in [1.82, 2.24) is 0 Å². The molecule has 0 aliphatic heterocycles. The van der Waals surface area contributed by atoms with Crippen LogP contribution in [0.25, 0.3) is 0 Å². The molecule has 0 bridgehead atoms. The molecule has 0 radical (unpaired) electrons. The Hall–Kier alpha value is 2.03. The van der Waals surface area contributed by atoms with Gasteiger partial charge in [0.2, 0.25) is 0 Å². The molecule has 0 aromatic heterocycles. The summed E-state index contributed by atoms with van der Waals surface area (Å²) in [5, 5.41) is 15.9. The van der Waals surface area contributed by atoms with Gasteiger partial charge in [-0.2, -0.15) is 0 Å². The Morgan fingerprint density at radius 3 is 2.11 bits per heavy atom. The summed E-state index contributed by atoms with van der Waals surface area (Å²) in [4.78, 5) is 9.65. The first-order valence-corrected chi connectivity index (χ1v) is 1.77. The topological polar surface area (TPSA) is 83.5 Å². The maximum Gasteiger partial charge on any atom is 1.00 e. The number of aliphatic hydroxyl groups excluding tert-OH is 1. The van der Waals surface area contributed by atoms with E-state index >= 15 is 0 Å². The molecule has 1 unspecified atom stereocenters. The van der Waals surface area contributed by atoms with Gasteiger partial charge in [0.1, 0.15) is 6.04 Å². The van der Waals surface area contributed by atoms with Crippen LogP contribution in [0.2, 0.25) is 0 Å². The third-order valence-electron chi connectivity index (χ3n) is 0.514. The minimum Gasteiger partial charge on any atom is -1.00 e. The quantitative estimate of drug-likeness (QED) is 0.359. The SMILES string of the molecule is NC(CO)C(=O)O.[H-].[H-].[K+].[Na+]. The van der Waals surface area contributed by atoms with Crippen molar-refractivity contribution in [2.75, 3.05) is 6.61 Å². The second kappa shape index (κ2) is 10.0. The van der Waals surface area contributed by atoms with Crippen LogP contribution in [0.4, 0.5) is 0 Å². The van der Waals surface area contributed by atoms with Crippen LogP contribution in [-0.4, -0.2) is 28.8 Å². The minimum absolute atomic E-state index is 0. The van der Waals surface area contributed by atoms with Crippen molar-refractivity contribution in [3.05, 3.63) is 0 Å². The van der Waals surface area contributed by atoms with Gasteiger partial charge in [0.15, 0.2) is 0 Å². The number of hydrogen-bond acceptors (Lipinski definition) is 3. The number of aliphatic hydroxyl groups is 1. The summed E-state index contributed by atoms with van der Waals surface area (Å²) in [6, 6.07) is -1.13. The summed E-state index contributed by atoms with van der Waals surface area (Å²) in [5.74, 6) is -1.18. The van der Waals surface area contributed by atoms with Gasteiger partial charge in [0.25, 0.3) is 0 Å². The fourth-order valence-electron chi connectivity index (χ4n) is 0.0781. The largest absolute Gasteiger partial charge is 1.00 e. The van der Waals surface area contributed by atoms with Crippen LogP contribution in [0, 0.1) is 0 Å². The maximum absolute atomic E-state index is 9.65. The monoisotopic (exact) mass is 169 g/mol. The standard InChI is InChI=1S/C3H7NO3.K.Na.2H/c4-2(1-5)3(6)7;;;;/h2,5H,1,4H2,(H,6,7);;;;/q;2*+1;2*-1. The number of carboxylic acid groups (broad SMARTS) is 1. The molecule has 9 heavy (non-hydrogen) atoms. The Labute approximate surface area is 121 Å². The Kier molecular flexibility index (Phi) is 19.2. The minimum atomic E-state index is -1.18. The summed E-state index contributed by atoms with van der Waals surface area (Å²) >= 11 is 0. The average molecular weight is 169 g/mol. The first kappa shape index (κ1) is 17.2. The molecule has 4 N–H and O–H groups in total. The van der Waals surface area contributed by atoms with Gasteiger partial charge in [0.05, 0.1) is 6.61 Å². The van der Waals surface area contributed by atoms with E-state index in [1.807, 2.05) is 0 Å². The van der Waals surface area contributed by atoms with E-state index in [2.05, 4.69) is 0 Å². The third kappa shape index (κ3) is 10.0. The zero-order chi connectivity index (χ0) is 5.86. The van der Waals surface area contributed by atoms with E-state index in [-0.39, 0.29) is 83.8 Å². The molecule has 0 saturated carbocycles. The van der Waals surface area contributed by atoms with E-state index in [1.54, 1.807) is 0 Å². The number of aliphatic carboxylic acids is 1. The van der Waals surface area contributed by atoms with Crippen molar-refractivity contribution in [3.8, 4) is 0 Å². The van der Waals surface area contributed by atoms with Crippen LogP contribution in [-0.2, 0) is 4.79 Å². The Morgan fingerprint density at radius 1 is 1.78 bits per heavy atom. The van der Waals surface area contributed by atoms with Gasteiger partial charge in [-0.05, 0) is 0 Å². The fraction of sp³-hybridized carbons (Fsp3) is 0.667. The van der Waals surface area contributed by atoms with Crippen molar-refractivity contribution >= 4 is 5.97 Å². The van der Waals surface area contributed by atoms with E-state index in [0.29, 0.717) is 0 Å². The second-order valence-electron chi connectivity index (χ2n) is 1.13. The zero-order valence-electron chi connectivity index (χ0n) is 7.66. The number of nitrogens with two attached hydrogens (primary N) is 1. The van der Waals surface area contributed by atoms with Gasteiger partial charge in [-0.25, -0.2) is 0 Å². The molecule has 0 aromatic carbocycles. The summed E-state index contributed by atoms with van der Waals surface area (Å²) < 4.78 is 0. The van der Waals surface area contributed by atoms with E-state index in [0.717, 1.165) is 0 Å². The molecule has 1 atom stereocenters. The number of carboxylic acids is 1. The Balaban J connectivity index is -0.0000000300. The molecule has 0 rings (SSSR count). The molecule has 0 aliphatic rings. The van der Waals surface area contributed by atoms with Crippen molar-refractivity contribution in [1.29, 1.82) is 0 Å². The molecule has 0 aliphatic carbocycles. The molecule has 0 heterocycles. The average Bonchev–Trinajstić information content (AvgIpc) is 1.65. The van der Waals surface area contributed by atoms with Crippen LogP contribution < -0.4 is 86.7 Å². The van der Waals surface area contributed by atoms with Crippen LogP contribution in [0.15, 0.2) is 0 Å². The summed E-state index contributed by atoms with van der Waals surface area (Å²) in [6.07, 6.45) is 0. The third-order valence-corrected chi connectivity index (χ3v) is 0.514. The van der Waals surface area contributed by atoms with Gasteiger partial charge in [-0.15, -0.1) is 0 Å². The normalized spacial score (nSPS) is 10.4. The van der Waals surface area contributed by atoms with E-state index in [9.17, 15) is 4.79 Å². The maximum atomic E-state index is 9.65. The van der Waals surface area contributed by atoms with Gasteiger partial charge in [0, 0.05) is 0 Å². The van der Waals surface area contributed by atoms with Gasteiger partial charge in [-0.3, -0.25) is 4.79 Å². The predicted molar refractivity (Wildman–Crippen MR) is 24.9 cm³/mol. The zero-order valence-corrected chi connectivity index (χ0v) is 10.8. The van der Waals surface area contributed by atoms with Gasteiger partial charge in [-0.1, -0.05) is 0 Å². The van der Waals surface area contributed by atoms with E-state index in [1.165, 1.54) is 0 Å². The molecule has 46 valence electrons. The van der Waals surface area contributed by atoms with Crippen LogP contribution in [0.1, 0.15) is 2.85 Å². The smallest absolute Gasteiger partial charge is 1.00 e. The number of hydrogen-bond donors (Lipinski definition) is 3. The van der Waals surface area contributed by atoms with Crippen LogP contribution in [0.5, 0.6) is 0 Å². The first-order chi connectivity index (χ1) is 3.18. The molecule has 4 nitrogen and oxygen atoms in total. The molecule has 6 heteroatoms. The predicted octanol–water partition coefficient (Wildman–Crippen LogP) is -7.38. The summed E-state index contributed by atoms with van der Waals surface area (Å²) in [6.45, 7) is -0.505. The van der Waals surface area contributed by atoms with Crippen molar-refractivity contribution < 1.29 is 98.8 Å². The second-order valence-corrected chi connectivity index (χ2v) is 1.13. The van der Waals surface area contributed by atoms with E-state index in [4.69, 9.17) is 15.9 Å². The summed E-state index contributed by atoms with van der Waals surface area (Å²) in [5.41, 5.74) is 4.77. The van der Waals surface area contributed by atoms with E-state index < -0.39 is 18.6 Å². The molecule has 0 aromatic rings. The van der Waals surface area contributed by atoms with Crippen molar-refractivity contribution in [2.45, 2.75) is 6.04 Å². The Morgan fingerprint density at radius 2 is 2.11 bits per heavy atom. The number of rotatable bonds is 2. The number of carbonyl (C=O) groups is 1. The van der Waals surface area contributed by atoms with Gasteiger partial charge < -0.3 is 18.8 Å². The molecule has 0 spiro atoms. The van der Waals surface area contributed by atoms with Gasteiger partial charge >= 0.3 is 86.9 Å². The molecular formula is C3H9KNNaO3. The van der Waals surface area contributed by atoms with Crippen molar-refractivity contribution in [2.24, 2.45) is 5.73 Å².